The summed E-state index contributed by atoms with van der Waals surface area (Å²) in [6.07, 6.45) is 3.36. The molecule has 0 unspecified atom stereocenters. The van der Waals surface area contributed by atoms with E-state index < -0.39 is 5.41 Å². The Kier molecular flexibility index (Phi) is 4.53. The molecule has 1 aromatic carbocycles. The van der Waals surface area contributed by atoms with E-state index in [1.807, 2.05) is 44.8 Å². The second-order valence-electron chi connectivity index (χ2n) is 9.40. The number of amides is 1. The quantitative estimate of drug-likeness (QED) is 0.550. The third-order valence-electron chi connectivity index (χ3n) is 6.65. The molecule has 0 fully saturated rings. The van der Waals surface area contributed by atoms with E-state index in [1.54, 1.807) is 0 Å². The van der Waals surface area contributed by atoms with Crippen LogP contribution in [0.4, 0.5) is 5.82 Å². The number of anilines is 1. The van der Waals surface area contributed by atoms with Crippen LogP contribution >= 0.6 is 11.6 Å². The van der Waals surface area contributed by atoms with E-state index >= 15 is 0 Å². The van der Waals surface area contributed by atoms with Crippen LogP contribution < -0.4 is 10.6 Å². The van der Waals surface area contributed by atoms with Crippen LogP contribution in [-0.4, -0.2) is 31.4 Å². The predicted octanol–water partition coefficient (Wildman–Crippen LogP) is 4.45. The van der Waals surface area contributed by atoms with Crippen molar-refractivity contribution in [2.45, 2.75) is 51.5 Å². The van der Waals surface area contributed by atoms with Gasteiger partial charge in [-0.25, -0.2) is 0 Å². The van der Waals surface area contributed by atoms with Gasteiger partial charge in [-0.3, -0.25) is 14.6 Å². The normalized spacial score (nSPS) is 21.6. The van der Waals surface area contributed by atoms with Crippen LogP contribution in [0.3, 0.4) is 0 Å². The largest absolute Gasteiger partial charge is 0.347 e. The topological polar surface area (TPSA) is 87.6 Å². The van der Waals surface area contributed by atoms with Crippen LogP contribution in [0.15, 0.2) is 41.7 Å². The van der Waals surface area contributed by atoms with Crippen molar-refractivity contribution < 1.29 is 4.79 Å². The smallest absolute Gasteiger partial charge is 0.250 e. The van der Waals surface area contributed by atoms with E-state index in [2.05, 4.69) is 51.1 Å². The lowest BCUT2D eigenvalue weighted by atomic mass is 9.63. The number of H-pyrrole nitrogens is 1. The van der Waals surface area contributed by atoms with Crippen molar-refractivity contribution in [3.05, 3.63) is 63.7 Å². The molecule has 0 saturated carbocycles. The fourth-order valence-corrected chi connectivity index (χ4v) is 5.68. The Bertz CT molecular complexity index is 1280. The maximum absolute atomic E-state index is 13.6. The van der Waals surface area contributed by atoms with Gasteiger partial charge in [0.2, 0.25) is 0 Å². The van der Waals surface area contributed by atoms with Crippen LogP contribution in [0.1, 0.15) is 50.4 Å². The molecule has 7 nitrogen and oxygen atoms in total. The molecule has 2 aliphatic heterocycles. The first kappa shape index (κ1) is 20.8. The molecular weight excluding hydrogens is 424 g/mol. The third-order valence-corrected chi connectivity index (χ3v) is 6.93. The lowest BCUT2D eigenvalue weighted by Crippen LogP contribution is -2.54. The number of benzene rings is 1. The number of carbonyl (C=O) groups excluding carboxylic acids is 1. The average Bonchev–Trinajstić information content (AvgIpc) is 3.27. The van der Waals surface area contributed by atoms with E-state index in [0.29, 0.717) is 23.8 Å². The zero-order valence-corrected chi connectivity index (χ0v) is 19.7. The van der Waals surface area contributed by atoms with Gasteiger partial charge in [-0.2, -0.15) is 10.2 Å². The zero-order chi connectivity index (χ0) is 22.8. The molecule has 32 heavy (non-hydrogen) atoms. The lowest BCUT2D eigenvalue weighted by Gasteiger charge is -2.45. The number of carbonyl (C=O) groups is 1. The van der Waals surface area contributed by atoms with Gasteiger partial charge < -0.3 is 10.6 Å². The molecule has 3 N–H and O–H groups in total. The summed E-state index contributed by atoms with van der Waals surface area (Å²) >= 11 is 6.67. The lowest BCUT2D eigenvalue weighted by molar-refractivity contribution is -0.120. The molecule has 3 aromatic rings. The fraction of sp³-hybridized carbons (Fsp3) is 0.375. The number of nitrogens with zero attached hydrogens (tertiary/aromatic N) is 3. The number of nitrogens with one attached hydrogen (secondary N) is 3. The Morgan fingerprint density at radius 2 is 2.06 bits per heavy atom. The summed E-state index contributed by atoms with van der Waals surface area (Å²) in [5, 5.41) is 18.9. The number of hydrogen-bond donors (Lipinski definition) is 3. The molecule has 0 saturated heterocycles. The van der Waals surface area contributed by atoms with E-state index in [0.717, 1.165) is 39.2 Å². The molecule has 2 aromatic heterocycles. The summed E-state index contributed by atoms with van der Waals surface area (Å²) in [4.78, 5) is 13.6. The molecule has 5 rings (SSSR count). The fourth-order valence-electron chi connectivity index (χ4n) is 5.39. The van der Waals surface area contributed by atoms with Gasteiger partial charge in [0, 0.05) is 42.0 Å². The molecule has 2 aliphatic rings. The molecule has 0 aliphatic carbocycles. The number of aromatic nitrogens is 4. The van der Waals surface area contributed by atoms with E-state index in [-0.39, 0.29) is 11.4 Å². The molecular formula is C24H27ClN6O. The molecule has 1 atom stereocenters. The van der Waals surface area contributed by atoms with E-state index in [1.165, 1.54) is 0 Å². The summed E-state index contributed by atoms with van der Waals surface area (Å²) in [5.41, 5.74) is 5.44. The van der Waals surface area contributed by atoms with Gasteiger partial charge in [0.25, 0.3) is 5.91 Å². The SMILES string of the molecule is CC[C@@]1(c2cccc(-c3cn(C)nc3C)c2)C2=C(CC(C)(C)NC2=O)Nc2n[nH]c(Cl)c21. The molecule has 8 heteroatoms. The third kappa shape index (κ3) is 2.91. The van der Waals surface area contributed by atoms with Crippen molar-refractivity contribution in [3.63, 3.8) is 0 Å². The van der Waals surface area contributed by atoms with Crippen LogP contribution in [0.5, 0.6) is 0 Å². The number of aryl methyl sites for hydroxylation is 2. The highest BCUT2D eigenvalue weighted by Gasteiger charge is 2.51. The summed E-state index contributed by atoms with van der Waals surface area (Å²) in [6.45, 7) is 8.16. The minimum Gasteiger partial charge on any atom is -0.347 e. The van der Waals surface area contributed by atoms with Gasteiger partial charge in [0.05, 0.1) is 16.7 Å². The summed E-state index contributed by atoms with van der Waals surface area (Å²) in [5.74, 6) is 0.612. The van der Waals surface area contributed by atoms with Gasteiger partial charge in [-0.05, 0) is 44.4 Å². The van der Waals surface area contributed by atoms with Crippen LogP contribution in [0.25, 0.3) is 11.1 Å². The average molecular weight is 451 g/mol. The Morgan fingerprint density at radius 3 is 2.75 bits per heavy atom. The highest BCUT2D eigenvalue weighted by molar-refractivity contribution is 6.31. The Balaban J connectivity index is 1.79. The van der Waals surface area contributed by atoms with Crippen LogP contribution in [0.2, 0.25) is 5.15 Å². The van der Waals surface area contributed by atoms with Gasteiger partial charge in [-0.1, -0.05) is 36.7 Å². The standard InChI is InChI=1S/C24H27ClN6O/c1-6-24(15-9-7-8-14(10-15)16-12-31(5)30-13(16)2)18-17(11-23(3,4)27-22(18)32)26-21-19(24)20(25)28-29-21/h7-10,12H,6,11H2,1-5H3,(H,27,32)(H2,26,28,29)/t24-/m1/s1. The first-order chi connectivity index (χ1) is 15.2. The molecule has 0 radical (unpaired) electrons. The number of hydrogen-bond acceptors (Lipinski definition) is 4. The Labute approximate surface area is 192 Å². The Hall–Kier alpha value is -3.06. The minimum atomic E-state index is -0.729. The number of rotatable bonds is 3. The first-order valence-corrected chi connectivity index (χ1v) is 11.2. The van der Waals surface area contributed by atoms with Crippen LogP contribution in [0, 0.1) is 6.92 Å². The number of fused-ring (bicyclic) bond motifs is 1. The second-order valence-corrected chi connectivity index (χ2v) is 9.77. The van der Waals surface area contributed by atoms with Crippen molar-refractivity contribution >= 4 is 23.3 Å². The monoisotopic (exact) mass is 450 g/mol. The van der Waals surface area contributed by atoms with Crippen LogP contribution in [-0.2, 0) is 17.3 Å². The summed E-state index contributed by atoms with van der Waals surface area (Å²) < 4.78 is 1.82. The summed E-state index contributed by atoms with van der Waals surface area (Å²) in [6, 6.07) is 8.35. The molecule has 4 heterocycles. The van der Waals surface area contributed by atoms with Crippen molar-refractivity contribution in [2.75, 3.05) is 5.32 Å². The van der Waals surface area contributed by atoms with Gasteiger partial charge in [0.1, 0.15) is 5.15 Å². The van der Waals surface area contributed by atoms with Crippen molar-refractivity contribution in [2.24, 2.45) is 7.05 Å². The van der Waals surface area contributed by atoms with Gasteiger partial charge in [0.15, 0.2) is 5.82 Å². The minimum absolute atomic E-state index is 0.0727. The van der Waals surface area contributed by atoms with E-state index in [9.17, 15) is 4.79 Å². The van der Waals surface area contributed by atoms with E-state index in [4.69, 9.17) is 11.6 Å². The Morgan fingerprint density at radius 1 is 1.28 bits per heavy atom. The molecule has 0 bridgehead atoms. The highest BCUT2D eigenvalue weighted by Crippen LogP contribution is 2.53. The van der Waals surface area contributed by atoms with Gasteiger partial charge >= 0.3 is 0 Å². The number of aromatic amines is 1. The van der Waals surface area contributed by atoms with Crippen molar-refractivity contribution in [1.82, 2.24) is 25.3 Å². The van der Waals surface area contributed by atoms with Crippen molar-refractivity contribution in [1.29, 1.82) is 0 Å². The predicted molar refractivity (Wildman–Crippen MR) is 126 cm³/mol. The highest BCUT2D eigenvalue weighted by atomic mass is 35.5. The molecule has 1 amide bonds. The zero-order valence-electron chi connectivity index (χ0n) is 18.9. The second kappa shape index (κ2) is 6.97. The summed E-state index contributed by atoms with van der Waals surface area (Å²) in [7, 11) is 1.92. The first-order valence-electron chi connectivity index (χ1n) is 10.8. The van der Waals surface area contributed by atoms with Gasteiger partial charge in [-0.15, -0.1) is 0 Å². The molecule has 0 spiro atoms. The number of halogens is 1. The van der Waals surface area contributed by atoms with Crippen molar-refractivity contribution in [3.8, 4) is 11.1 Å². The maximum Gasteiger partial charge on any atom is 0.250 e. The molecule has 166 valence electrons. The maximum atomic E-state index is 13.6.